The fourth-order valence-corrected chi connectivity index (χ4v) is 1.94. The number of Topliss-reactive ketones (excluding diaryl/α,β-unsaturated/α-hetero) is 2. The van der Waals surface area contributed by atoms with Crippen molar-refractivity contribution in [3.8, 4) is 0 Å². The summed E-state index contributed by atoms with van der Waals surface area (Å²) in [5.41, 5.74) is 15.7. The molecule has 9 heteroatoms. The maximum Gasteiger partial charge on any atom is 0.198 e. The molecule has 0 saturated carbocycles. The van der Waals surface area contributed by atoms with E-state index in [9.17, 15) is 9.59 Å². The van der Waals surface area contributed by atoms with Gasteiger partial charge in [0.05, 0.1) is 22.0 Å². The van der Waals surface area contributed by atoms with Crippen molar-refractivity contribution in [3.05, 3.63) is 66.6 Å². The number of azide groups is 2. The molecule has 0 amide bonds. The highest BCUT2D eigenvalue weighted by Crippen LogP contribution is 2.32. The standard InChI is InChI=1S/C10H3ClN6O2/c11-5-3-1-2-4-6(5)10(19)8(15-17-13)7(9(4)18)14-16-12/h1-3H. The van der Waals surface area contributed by atoms with Gasteiger partial charge in [-0.1, -0.05) is 34.0 Å². The van der Waals surface area contributed by atoms with E-state index in [2.05, 4.69) is 20.1 Å². The summed E-state index contributed by atoms with van der Waals surface area (Å²) in [6.45, 7) is 0. The van der Waals surface area contributed by atoms with Gasteiger partial charge in [0.25, 0.3) is 0 Å². The van der Waals surface area contributed by atoms with Crippen LogP contribution in [0.1, 0.15) is 20.7 Å². The van der Waals surface area contributed by atoms with Crippen molar-refractivity contribution in [2.24, 2.45) is 10.2 Å². The summed E-state index contributed by atoms with van der Waals surface area (Å²) in [5.74, 6) is -1.46. The Labute approximate surface area is 110 Å². The Kier molecular flexibility index (Phi) is 3.22. The van der Waals surface area contributed by atoms with E-state index in [0.717, 1.165) is 0 Å². The van der Waals surface area contributed by atoms with Gasteiger partial charge in [0.1, 0.15) is 0 Å². The van der Waals surface area contributed by atoms with Crippen LogP contribution in [0.25, 0.3) is 20.9 Å². The number of nitrogens with zero attached hydrogens (tertiary/aromatic N) is 6. The van der Waals surface area contributed by atoms with Crippen molar-refractivity contribution in [3.63, 3.8) is 0 Å². The highest BCUT2D eigenvalue weighted by atomic mass is 35.5. The number of carbonyl (C=O) groups is 2. The molecule has 0 radical (unpaired) electrons. The monoisotopic (exact) mass is 274 g/mol. The van der Waals surface area contributed by atoms with E-state index in [4.69, 9.17) is 22.7 Å². The highest BCUT2D eigenvalue weighted by molar-refractivity contribution is 6.38. The molecule has 0 fully saturated rings. The number of rotatable bonds is 2. The summed E-state index contributed by atoms with van der Waals surface area (Å²) < 4.78 is 0. The summed E-state index contributed by atoms with van der Waals surface area (Å²) in [5, 5.41) is 6.30. The number of ketones is 2. The molecule has 2 rings (SSSR count). The van der Waals surface area contributed by atoms with Gasteiger partial charge in [-0.2, -0.15) is 0 Å². The molecule has 0 unspecified atom stereocenters. The van der Waals surface area contributed by atoms with Gasteiger partial charge in [-0.25, -0.2) is 0 Å². The molecule has 19 heavy (non-hydrogen) atoms. The van der Waals surface area contributed by atoms with Crippen molar-refractivity contribution in [2.75, 3.05) is 0 Å². The van der Waals surface area contributed by atoms with Crippen LogP contribution < -0.4 is 0 Å². The quantitative estimate of drug-likeness (QED) is 0.463. The molecule has 0 saturated heterocycles. The van der Waals surface area contributed by atoms with Crippen LogP contribution in [0.5, 0.6) is 0 Å². The predicted octanol–water partition coefficient (Wildman–Crippen LogP) is 3.55. The Bertz CT molecular complexity index is 740. The van der Waals surface area contributed by atoms with Crippen LogP contribution in [0, 0.1) is 0 Å². The van der Waals surface area contributed by atoms with Crippen molar-refractivity contribution >= 4 is 23.2 Å². The molecule has 0 aliphatic heterocycles. The van der Waals surface area contributed by atoms with Crippen LogP contribution in [-0.2, 0) is 0 Å². The van der Waals surface area contributed by atoms with Crippen molar-refractivity contribution in [1.82, 2.24) is 0 Å². The minimum absolute atomic E-state index is 0.0109. The summed E-state index contributed by atoms with van der Waals surface area (Å²) in [4.78, 5) is 29.1. The first kappa shape index (κ1) is 12.7. The van der Waals surface area contributed by atoms with E-state index in [1.807, 2.05) is 0 Å². The third kappa shape index (κ3) is 1.92. The fraction of sp³-hybridized carbons (Fsp3) is 0. The van der Waals surface area contributed by atoms with Crippen molar-refractivity contribution in [1.29, 1.82) is 0 Å². The molecular formula is C10H3ClN6O2. The van der Waals surface area contributed by atoms with E-state index in [0.29, 0.717) is 0 Å². The second kappa shape index (κ2) is 4.83. The van der Waals surface area contributed by atoms with E-state index in [-0.39, 0.29) is 16.1 Å². The number of halogens is 1. The van der Waals surface area contributed by atoms with Crippen molar-refractivity contribution < 1.29 is 9.59 Å². The van der Waals surface area contributed by atoms with Crippen LogP contribution in [0.3, 0.4) is 0 Å². The first-order chi connectivity index (χ1) is 9.11. The SMILES string of the molecule is [N-]=[N+]=NC1=C(N=[N+]=[N-])C(=O)c2c(Cl)cccc2C1=O. The van der Waals surface area contributed by atoms with E-state index in [1.165, 1.54) is 18.2 Å². The maximum absolute atomic E-state index is 12.1. The van der Waals surface area contributed by atoms with E-state index >= 15 is 0 Å². The summed E-state index contributed by atoms with van der Waals surface area (Å²) in [6, 6.07) is 4.29. The number of carbonyl (C=O) groups excluding carboxylic acids is 2. The molecule has 0 spiro atoms. The molecule has 0 bridgehead atoms. The lowest BCUT2D eigenvalue weighted by Crippen LogP contribution is -2.20. The van der Waals surface area contributed by atoms with Gasteiger partial charge in [-0.3, -0.25) is 9.59 Å². The fourth-order valence-electron chi connectivity index (χ4n) is 1.68. The Hall–Kier alpha value is -2.79. The second-order valence-corrected chi connectivity index (χ2v) is 3.80. The average molecular weight is 275 g/mol. The summed E-state index contributed by atoms with van der Waals surface area (Å²) in [6.07, 6.45) is 0. The molecule has 0 atom stereocenters. The molecule has 1 aromatic carbocycles. The third-order valence-electron chi connectivity index (χ3n) is 2.43. The van der Waals surface area contributed by atoms with Crippen LogP contribution in [0.15, 0.2) is 39.8 Å². The lowest BCUT2D eigenvalue weighted by Gasteiger charge is -2.16. The van der Waals surface area contributed by atoms with Crippen LogP contribution >= 0.6 is 11.6 Å². The number of allylic oxidation sites excluding steroid dienone is 2. The summed E-state index contributed by atoms with van der Waals surface area (Å²) in [7, 11) is 0. The topological polar surface area (TPSA) is 132 Å². The zero-order valence-electron chi connectivity index (χ0n) is 9.11. The van der Waals surface area contributed by atoms with Gasteiger partial charge in [-0.15, -0.1) is 0 Å². The Morgan fingerprint density at radius 2 is 1.58 bits per heavy atom. The number of benzene rings is 1. The van der Waals surface area contributed by atoms with Crippen LogP contribution in [0.4, 0.5) is 0 Å². The molecule has 8 nitrogen and oxygen atoms in total. The molecule has 0 aromatic heterocycles. The highest BCUT2D eigenvalue weighted by Gasteiger charge is 2.32. The first-order valence-electron chi connectivity index (χ1n) is 4.84. The molecule has 0 heterocycles. The number of fused-ring (bicyclic) bond motifs is 1. The van der Waals surface area contributed by atoms with Crippen molar-refractivity contribution in [2.45, 2.75) is 0 Å². The minimum Gasteiger partial charge on any atom is -0.289 e. The lowest BCUT2D eigenvalue weighted by molar-refractivity contribution is 0.0972. The molecular weight excluding hydrogens is 272 g/mol. The summed E-state index contributed by atoms with van der Waals surface area (Å²) >= 11 is 5.86. The van der Waals surface area contributed by atoms with Gasteiger partial charge in [0.15, 0.2) is 11.6 Å². The number of hydrogen-bond acceptors (Lipinski definition) is 4. The molecule has 92 valence electrons. The minimum atomic E-state index is -0.750. The average Bonchev–Trinajstić information content (AvgIpc) is 2.39. The zero-order valence-corrected chi connectivity index (χ0v) is 9.87. The Balaban J connectivity index is 2.84. The van der Waals surface area contributed by atoms with Gasteiger partial charge < -0.3 is 0 Å². The second-order valence-electron chi connectivity index (χ2n) is 3.40. The van der Waals surface area contributed by atoms with E-state index in [1.54, 1.807) is 0 Å². The van der Waals surface area contributed by atoms with Gasteiger partial charge >= 0.3 is 0 Å². The first-order valence-corrected chi connectivity index (χ1v) is 5.22. The van der Waals surface area contributed by atoms with Crippen LogP contribution in [-0.4, -0.2) is 11.6 Å². The van der Waals surface area contributed by atoms with Gasteiger partial charge in [0.2, 0.25) is 0 Å². The van der Waals surface area contributed by atoms with Gasteiger partial charge in [0, 0.05) is 15.4 Å². The van der Waals surface area contributed by atoms with E-state index < -0.39 is 23.0 Å². The lowest BCUT2D eigenvalue weighted by atomic mass is 9.91. The number of hydrogen-bond donors (Lipinski definition) is 0. The van der Waals surface area contributed by atoms with Gasteiger partial charge in [-0.05, 0) is 17.1 Å². The Morgan fingerprint density at radius 1 is 1.00 bits per heavy atom. The molecule has 0 N–H and O–H groups in total. The molecule has 1 aromatic rings. The normalized spacial score (nSPS) is 13.5. The smallest absolute Gasteiger partial charge is 0.198 e. The zero-order chi connectivity index (χ0) is 14.0. The maximum atomic E-state index is 12.1. The third-order valence-corrected chi connectivity index (χ3v) is 2.74. The molecule has 1 aliphatic carbocycles. The molecule has 1 aliphatic rings. The largest absolute Gasteiger partial charge is 0.289 e. The predicted molar refractivity (Wildman–Crippen MR) is 65.4 cm³/mol. The van der Waals surface area contributed by atoms with Crippen LogP contribution in [0.2, 0.25) is 5.02 Å². The Morgan fingerprint density at radius 3 is 2.16 bits per heavy atom.